The lowest BCUT2D eigenvalue weighted by Gasteiger charge is -2.42. The number of hydrogen-bond acceptors (Lipinski definition) is 3. The largest absolute Gasteiger partial charge is 0.355 e. The molecule has 7 heteroatoms. The van der Waals surface area contributed by atoms with E-state index in [1.54, 1.807) is 18.2 Å². The van der Waals surface area contributed by atoms with Gasteiger partial charge in [0.05, 0.1) is 21.9 Å². The van der Waals surface area contributed by atoms with Crippen LogP contribution in [-0.2, 0) is 0 Å². The zero-order valence-corrected chi connectivity index (χ0v) is 17.7. The molecule has 1 saturated heterocycles. The molecule has 0 radical (unpaired) electrons. The predicted octanol–water partition coefficient (Wildman–Crippen LogP) is 7.18. The van der Waals surface area contributed by atoms with Gasteiger partial charge in [-0.05, 0) is 30.7 Å². The number of nitrogens with zero attached hydrogens (tertiary/aromatic N) is 3. The van der Waals surface area contributed by atoms with Crippen molar-refractivity contribution in [3.8, 4) is 11.3 Å². The van der Waals surface area contributed by atoms with Crippen LogP contribution in [0.25, 0.3) is 11.3 Å². The van der Waals surface area contributed by atoms with Gasteiger partial charge < -0.3 is 4.90 Å². The van der Waals surface area contributed by atoms with Crippen LogP contribution < -0.4 is 4.90 Å². The van der Waals surface area contributed by atoms with Gasteiger partial charge in [0.2, 0.25) is 0 Å². The van der Waals surface area contributed by atoms with Gasteiger partial charge in [0.25, 0.3) is 6.43 Å². The molecule has 3 rings (SSSR count). The Hall–Kier alpha value is -1.46. The summed E-state index contributed by atoms with van der Waals surface area (Å²) in [6.45, 7) is 5.86. The quantitative estimate of drug-likeness (QED) is 0.488. The molecular weight excluding hydrogens is 403 g/mol. The van der Waals surface area contributed by atoms with E-state index in [-0.39, 0.29) is 16.5 Å². The zero-order chi connectivity index (χ0) is 20.3. The van der Waals surface area contributed by atoms with Gasteiger partial charge in [0.15, 0.2) is 5.82 Å². The number of halogens is 4. The van der Waals surface area contributed by atoms with Crippen molar-refractivity contribution in [2.75, 3.05) is 18.0 Å². The van der Waals surface area contributed by atoms with Crippen LogP contribution in [0.1, 0.15) is 58.1 Å². The summed E-state index contributed by atoms with van der Waals surface area (Å²) in [5.41, 5.74) is 0.824. The Labute approximate surface area is 175 Å². The van der Waals surface area contributed by atoms with E-state index in [4.69, 9.17) is 23.2 Å². The Bertz CT molecular complexity index is 821. The summed E-state index contributed by atoms with van der Waals surface area (Å²) in [6.07, 6.45) is 4.21. The molecule has 28 heavy (non-hydrogen) atoms. The minimum absolute atomic E-state index is 0.276. The molecule has 2 heterocycles. The summed E-state index contributed by atoms with van der Waals surface area (Å²) in [4.78, 5) is 10.5. The maximum atomic E-state index is 13.8. The van der Waals surface area contributed by atoms with Crippen molar-refractivity contribution in [2.45, 2.75) is 52.4 Å². The normalized spacial score (nSPS) is 16.6. The van der Waals surface area contributed by atoms with Crippen LogP contribution in [0.3, 0.4) is 0 Å². The summed E-state index contributed by atoms with van der Waals surface area (Å²) in [7, 11) is 0. The Morgan fingerprint density at radius 3 is 2.50 bits per heavy atom. The van der Waals surface area contributed by atoms with E-state index in [2.05, 4.69) is 23.8 Å². The lowest BCUT2D eigenvalue weighted by atomic mass is 9.73. The van der Waals surface area contributed by atoms with Crippen LogP contribution in [0.2, 0.25) is 10.0 Å². The molecule has 1 aliphatic heterocycles. The van der Waals surface area contributed by atoms with E-state index < -0.39 is 6.43 Å². The zero-order valence-electron chi connectivity index (χ0n) is 16.2. The summed E-state index contributed by atoms with van der Waals surface area (Å²) >= 11 is 12.3. The van der Waals surface area contributed by atoms with E-state index in [1.807, 2.05) is 4.90 Å². The SMILES string of the molecule is CCCC1(CC)CCN(c2ncc(-c3cccc(Cl)c3Cl)nc2C(F)F)CC1. The summed E-state index contributed by atoms with van der Waals surface area (Å²) in [5.74, 6) is 0.276. The molecule has 0 atom stereocenters. The Morgan fingerprint density at radius 1 is 1.18 bits per heavy atom. The van der Waals surface area contributed by atoms with Crippen LogP contribution in [-0.4, -0.2) is 23.1 Å². The van der Waals surface area contributed by atoms with Gasteiger partial charge in [0, 0.05) is 18.7 Å². The number of anilines is 1. The van der Waals surface area contributed by atoms with Gasteiger partial charge >= 0.3 is 0 Å². The van der Waals surface area contributed by atoms with Crippen molar-refractivity contribution < 1.29 is 8.78 Å². The maximum Gasteiger partial charge on any atom is 0.284 e. The number of benzene rings is 1. The first-order valence-corrected chi connectivity index (χ1v) is 10.5. The Morgan fingerprint density at radius 2 is 1.89 bits per heavy atom. The first-order valence-electron chi connectivity index (χ1n) is 9.75. The molecule has 1 aliphatic rings. The highest BCUT2D eigenvalue weighted by Crippen LogP contribution is 2.41. The summed E-state index contributed by atoms with van der Waals surface area (Å²) in [6, 6.07) is 5.06. The standard InChI is InChI=1S/C21H25Cl2F2N3/c1-3-8-21(4-2)9-11-28(12-10-21)20-18(19(24)25)27-16(13-26-20)14-6-5-7-15(22)17(14)23/h5-7,13,19H,3-4,8-12H2,1-2H3. The highest BCUT2D eigenvalue weighted by Gasteiger charge is 2.34. The number of piperidine rings is 1. The van der Waals surface area contributed by atoms with Crippen molar-refractivity contribution in [3.63, 3.8) is 0 Å². The molecule has 0 bridgehead atoms. The monoisotopic (exact) mass is 427 g/mol. The van der Waals surface area contributed by atoms with Gasteiger partial charge in [-0.2, -0.15) is 0 Å². The molecule has 0 N–H and O–H groups in total. The highest BCUT2D eigenvalue weighted by molar-refractivity contribution is 6.43. The predicted molar refractivity (Wildman–Crippen MR) is 112 cm³/mol. The van der Waals surface area contributed by atoms with E-state index >= 15 is 0 Å². The lowest BCUT2D eigenvalue weighted by Crippen LogP contribution is -2.40. The average molecular weight is 428 g/mol. The average Bonchev–Trinajstić information content (AvgIpc) is 2.70. The topological polar surface area (TPSA) is 29.0 Å². The van der Waals surface area contributed by atoms with Crippen molar-refractivity contribution in [1.82, 2.24) is 9.97 Å². The van der Waals surface area contributed by atoms with E-state index in [9.17, 15) is 8.78 Å². The van der Waals surface area contributed by atoms with Crippen molar-refractivity contribution in [1.29, 1.82) is 0 Å². The summed E-state index contributed by atoms with van der Waals surface area (Å²) in [5, 5.41) is 0.642. The molecular formula is C21H25Cl2F2N3. The van der Waals surface area contributed by atoms with Crippen molar-refractivity contribution in [2.24, 2.45) is 5.41 Å². The molecule has 0 unspecified atom stereocenters. The second-order valence-electron chi connectivity index (χ2n) is 7.46. The minimum atomic E-state index is -2.71. The smallest absolute Gasteiger partial charge is 0.284 e. The number of rotatable bonds is 6. The number of aromatic nitrogens is 2. The number of alkyl halides is 2. The highest BCUT2D eigenvalue weighted by atomic mass is 35.5. The van der Waals surface area contributed by atoms with Crippen LogP contribution in [0, 0.1) is 5.41 Å². The van der Waals surface area contributed by atoms with Gasteiger partial charge in [-0.1, -0.05) is 62.0 Å². The fraction of sp³-hybridized carbons (Fsp3) is 0.524. The van der Waals surface area contributed by atoms with E-state index in [1.165, 1.54) is 12.6 Å². The number of hydrogen-bond donors (Lipinski definition) is 0. The fourth-order valence-corrected chi connectivity index (χ4v) is 4.52. The van der Waals surface area contributed by atoms with Crippen LogP contribution >= 0.6 is 23.2 Å². The third-order valence-corrected chi connectivity index (χ3v) is 6.69. The minimum Gasteiger partial charge on any atom is -0.355 e. The van der Waals surface area contributed by atoms with Gasteiger partial charge in [-0.15, -0.1) is 0 Å². The lowest BCUT2D eigenvalue weighted by molar-refractivity contribution is 0.145. The van der Waals surface area contributed by atoms with Gasteiger partial charge in [-0.3, -0.25) is 0 Å². The Kier molecular flexibility index (Phi) is 6.77. The molecule has 1 fully saturated rings. The maximum absolute atomic E-state index is 13.8. The second-order valence-corrected chi connectivity index (χ2v) is 8.24. The first-order chi connectivity index (χ1) is 13.4. The van der Waals surface area contributed by atoms with E-state index in [0.717, 1.165) is 38.8 Å². The van der Waals surface area contributed by atoms with E-state index in [0.29, 0.717) is 21.7 Å². The van der Waals surface area contributed by atoms with Crippen LogP contribution in [0.4, 0.5) is 14.6 Å². The van der Waals surface area contributed by atoms with Crippen molar-refractivity contribution in [3.05, 3.63) is 40.1 Å². The summed E-state index contributed by atoms with van der Waals surface area (Å²) < 4.78 is 27.6. The Balaban J connectivity index is 1.90. The van der Waals surface area contributed by atoms with Crippen LogP contribution in [0.5, 0.6) is 0 Å². The second kappa shape index (κ2) is 8.91. The third-order valence-electron chi connectivity index (χ3n) is 5.87. The molecule has 1 aromatic heterocycles. The van der Waals surface area contributed by atoms with Crippen molar-refractivity contribution >= 4 is 29.0 Å². The molecule has 2 aromatic rings. The first kappa shape index (κ1) is 21.3. The molecule has 0 spiro atoms. The van der Waals surface area contributed by atoms with Gasteiger partial charge in [0.1, 0.15) is 5.69 Å². The van der Waals surface area contributed by atoms with Gasteiger partial charge in [-0.25, -0.2) is 18.7 Å². The molecule has 0 amide bonds. The molecule has 3 nitrogen and oxygen atoms in total. The third kappa shape index (κ3) is 4.25. The van der Waals surface area contributed by atoms with Crippen LogP contribution in [0.15, 0.2) is 24.4 Å². The molecule has 0 aliphatic carbocycles. The molecule has 1 aromatic carbocycles. The molecule has 152 valence electrons. The molecule has 0 saturated carbocycles. The fourth-order valence-electron chi connectivity index (χ4n) is 4.12.